The molecule has 140 valence electrons. The van der Waals surface area contributed by atoms with Crippen LogP contribution in [-0.2, 0) is 4.74 Å². The fourth-order valence-corrected chi connectivity index (χ4v) is 2.78. The van der Waals surface area contributed by atoms with Crippen LogP contribution in [0.3, 0.4) is 0 Å². The van der Waals surface area contributed by atoms with Crippen molar-refractivity contribution in [2.75, 3.05) is 27.2 Å². The van der Waals surface area contributed by atoms with Gasteiger partial charge in [-0.15, -0.1) is 0 Å². The van der Waals surface area contributed by atoms with Gasteiger partial charge in [-0.2, -0.15) is 0 Å². The lowest BCUT2D eigenvalue weighted by Gasteiger charge is -2.24. The van der Waals surface area contributed by atoms with Crippen molar-refractivity contribution in [3.05, 3.63) is 0 Å². The van der Waals surface area contributed by atoms with Gasteiger partial charge in [0.2, 0.25) is 0 Å². The van der Waals surface area contributed by atoms with Crippen LogP contribution in [0.25, 0.3) is 0 Å². The average molecular weight is 342 g/mol. The lowest BCUT2D eigenvalue weighted by atomic mass is 10.2. The molecule has 1 amide bonds. The third-order valence-electron chi connectivity index (χ3n) is 4.08. The van der Waals surface area contributed by atoms with Crippen molar-refractivity contribution in [2.24, 2.45) is 10.7 Å². The number of hydrogen-bond acceptors (Lipinski definition) is 4. The Hall–Kier alpha value is -1.50. The van der Waals surface area contributed by atoms with Crippen molar-refractivity contribution in [3.63, 3.8) is 0 Å². The predicted molar refractivity (Wildman–Crippen MR) is 98.2 cm³/mol. The van der Waals surface area contributed by atoms with Gasteiger partial charge in [0, 0.05) is 32.7 Å². The Labute approximate surface area is 146 Å². The molecule has 2 atom stereocenters. The lowest BCUT2D eigenvalue weighted by Crippen LogP contribution is -2.39. The highest BCUT2D eigenvalue weighted by molar-refractivity contribution is 5.77. The van der Waals surface area contributed by atoms with Gasteiger partial charge in [0.05, 0.1) is 0 Å². The highest BCUT2D eigenvalue weighted by atomic mass is 16.6. The summed E-state index contributed by atoms with van der Waals surface area (Å²) in [6.45, 7) is 7.33. The molecule has 0 saturated heterocycles. The van der Waals surface area contributed by atoms with E-state index in [0.29, 0.717) is 18.0 Å². The number of carbonyl (C=O) groups excluding carboxylic acids is 1. The van der Waals surface area contributed by atoms with Crippen LogP contribution in [0.2, 0.25) is 0 Å². The highest BCUT2D eigenvalue weighted by Crippen LogP contribution is 2.19. The minimum absolute atomic E-state index is 0.254. The summed E-state index contributed by atoms with van der Waals surface area (Å²) in [5.41, 5.74) is 5.27. The molecule has 0 aromatic heterocycles. The number of guanidine groups is 1. The Balaban J connectivity index is 2.09. The molecule has 1 saturated carbocycles. The zero-order chi connectivity index (χ0) is 18.2. The number of nitrogens with zero attached hydrogens (tertiary/aromatic N) is 2. The first-order valence-corrected chi connectivity index (χ1v) is 8.87. The molecule has 24 heavy (non-hydrogen) atoms. The first-order valence-electron chi connectivity index (χ1n) is 8.87. The topological polar surface area (TPSA) is 92.0 Å². The number of nitrogens with two attached hydrogens (primary N) is 1. The Bertz CT molecular complexity index is 420. The lowest BCUT2D eigenvalue weighted by molar-refractivity contribution is 0.0296. The molecule has 0 heterocycles. The van der Waals surface area contributed by atoms with E-state index in [2.05, 4.69) is 15.6 Å². The van der Waals surface area contributed by atoms with E-state index in [1.165, 1.54) is 0 Å². The third-order valence-corrected chi connectivity index (χ3v) is 4.08. The highest BCUT2D eigenvalue weighted by Gasteiger charge is 2.24. The smallest absolute Gasteiger partial charge is 0.410 e. The van der Waals surface area contributed by atoms with Crippen molar-refractivity contribution in [2.45, 2.75) is 70.6 Å². The van der Waals surface area contributed by atoms with Crippen LogP contribution in [0.1, 0.15) is 52.9 Å². The molecule has 0 aliphatic heterocycles. The largest absolute Gasteiger partial charge is 0.444 e. The summed E-state index contributed by atoms with van der Waals surface area (Å²) in [4.78, 5) is 17.4. The molecule has 7 heteroatoms. The van der Waals surface area contributed by atoms with Gasteiger partial charge in [0.1, 0.15) is 5.60 Å². The number of aliphatic imine (C=N–C) groups is 1. The van der Waals surface area contributed by atoms with Gasteiger partial charge in [-0.3, -0.25) is 4.99 Å². The summed E-state index contributed by atoms with van der Waals surface area (Å²) in [6.07, 6.45) is 5.11. The number of amides is 1. The molecule has 1 aliphatic carbocycles. The van der Waals surface area contributed by atoms with Gasteiger partial charge in [-0.05, 0) is 59.4 Å². The Kier molecular flexibility index (Phi) is 8.31. The Morgan fingerprint density at radius 3 is 2.58 bits per heavy atom. The zero-order valence-electron chi connectivity index (χ0n) is 15.9. The summed E-state index contributed by atoms with van der Waals surface area (Å²) < 4.78 is 5.34. The van der Waals surface area contributed by atoms with E-state index >= 15 is 0 Å². The van der Waals surface area contributed by atoms with Gasteiger partial charge in [-0.1, -0.05) is 0 Å². The standard InChI is InChI=1S/C17H35N5O2/c1-17(2,3)24-16(23)22(5)11-7-6-10-20-13-8-9-14(12-13)21-15(18)19-4/h13-14,20H,6-12H2,1-5H3,(H3,18,19,21)/t13-,14-/m0/s1. The second-order valence-corrected chi connectivity index (χ2v) is 7.52. The fraction of sp³-hybridized carbons (Fsp3) is 0.882. The summed E-state index contributed by atoms with van der Waals surface area (Å²) in [6, 6.07) is 0.959. The minimum atomic E-state index is -0.439. The second-order valence-electron chi connectivity index (χ2n) is 7.52. The van der Waals surface area contributed by atoms with Gasteiger partial charge >= 0.3 is 6.09 Å². The van der Waals surface area contributed by atoms with E-state index in [0.717, 1.165) is 45.2 Å². The molecule has 0 unspecified atom stereocenters. The SMILES string of the molecule is CN=C(N)N[C@H]1CC[C@H](NCCCCN(C)C(=O)OC(C)(C)C)C1. The normalized spacial score (nSPS) is 21.6. The summed E-state index contributed by atoms with van der Waals surface area (Å²) in [5, 5.41) is 6.82. The molecule has 1 rings (SSSR count). The first kappa shape index (κ1) is 20.5. The minimum Gasteiger partial charge on any atom is -0.444 e. The number of ether oxygens (including phenoxy) is 1. The van der Waals surface area contributed by atoms with Crippen molar-refractivity contribution in [3.8, 4) is 0 Å². The average Bonchev–Trinajstić information content (AvgIpc) is 2.92. The van der Waals surface area contributed by atoms with Crippen LogP contribution < -0.4 is 16.4 Å². The summed E-state index contributed by atoms with van der Waals surface area (Å²) in [5.74, 6) is 0.519. The maximum absolute atomic E-state index is 11.8. The number of hydrogen-bond donors (Lipinski definition) is 3. The van der Waals surface area contributed by atoms with Crippen LogP contribution in [0, 0.1) is 0 Å². The van der Waals surface area contributed by atoms with E-state index in [4.69, 9.17) is 10.5 Å². The maximum Gasteiger partial charge on any atom is 0.410 e. The predicted octanol–water partition coefficient (Wildman–Crippen LogP) is 1.68. The van der Waals surface area contributed by atoms with Crippen LogP contribution in [-0.4, -0.2) is 61.8 Å². The summed E-state index contributed by atoms with van der Waals surface area (Å²) in [7, 11) is 3.48. The molecule has 0 bridgehead atoms. The van der Waals surface area contributed by atoms with Crippen molar-refractivity contribution in [1.29, 1.82) is 0 Å². The zero-order valence-corrected chi connectivity index (χ0v) is 15.9. The molecule has 0 aromatic carbocycles. The number of rotatable bonds is 7. The Morgan fingerprint density at radius 2 is 1.96 bits per heavy atom. The van der Waals surface area contributed by atoms with Gasteiger partial charge in [0.25, 0.3) is 0 Å². The van der Waals surface area contributed by atoms with Crippen molar-refractivity contribution < 1.29 is 9.53 Å². The first-order chi connectivity index (χ1) is 11.2. The van der Waals surface area contributed by atoms with Crippen LogP contribution >= 0.6 is 0 Å². The molecule has 1 fully saturated rings. The van der Waals surface area contributed by atoms with Crippen LogP contribution in [0.4, 0.5) is 4.79 Å². The molecule has 4 N–H and O–H groups in total. The van der Waals surface area contributed by atoms with Crippen molar-refractivity contribution >= 4 is 12.1 Å². The molecule has 0 radical (unpaired) electrons. The van der Waals surface area contributed by atoms with Crippen LogP contribution in [0.5, 0.6) is 0 Å². The van der Waals surface area contributed by atoms with E-state index in [9.17, 15) is 4.79 Å². The molecule has 0 spiro atoms. The number of carbonyl (C=O) groups is 1. The van der Waals surface area contributed by atoms with E-state index in [-0.39, 0.29) is 6.09 Å². The van der Waals surface area contributed by atoms with Gasteiger partial charge in [0.15, 0.2) is 5.96 Å². The molecule has 7 nitrogen and oxygen atoms in total. The van der Waals surface area contributed by atoms with Crippen LogP contribution in [0.15, 0.2) is 4.99 Å². The number of unbranched alkanes of at least 4 members (excludes halogenated alkanes) is 1. The number of nitrogens with one attached hydrogen (secondary N) is 2. The molecule has 0 aromatic rings. The molecule has 1 aliphatic rings. The molecular formula is C17H35N5O2. The van der Waals surface area contributed by atoms with Gasteiger partial charge in [-0.25, -0.2) is 4.79 Å². The quantitative estimate of drug-likeness (QED) is 0.372. The molecular weight excluding hydrogens is 306 g/mol. The van der Waals surface area contributed by atoms with E-state index < -0.39 is 5.60 Å². The van der Waals surface area contributed by atoms with Gasteiger partial charge < -0.3 is 26.0 Å². The van der Waals surface area contributed by atoms with Crippen molar-refractivity contribution in [1.82, 2.24) is 15.5 Å². The maximum atomic E-state index is 11.8. The summed E-state index contributed by atoms with van der Waals surface area (Å²) >= 11 is 0. The Morgan fingerprint density at radius 1 is 1.29 bits per heavy atom. The third kappa shape index (κ3) is 8.38. The monoisotopic (exact) mass is 341 g/mol. The van der Waals surface area contributed by atoms with E-state index in [1.54, 1.807) is 19.0 Å². The van der Waals surface area contributed by atoms with E-state index in [1.807, 2.05) is 20.8 Å². The second kappa shape index (κ2) is 9.71. The fourth-order valence-electron chi connectivity index (χ4n) is 2.78.